The maximum atomic E-state index is 14.3. The van der Waals surface area contributed by atoms with Crippen molar-refractivity contribution in [2.45, 2.75) is 103 Å². The maximum absolute atomic E-state index is 14.3. The molecule has 2 saturated heterocycles. The van der Waals surface area contributed by atoms with Crippen LogP contribution in [0.5, 0.6) is 5.75 Å². The molecule has 0 bridgehead atoms. The van der Waals surface area contributed by atoms with E-state index >= 15 is 0 Å². The van der Waals surface area contributed by atoms with Gasteiger partial charge in [-0.3, -0.25) is 9.59 Å². The minimum absolute atomic E-state index is 0.0704. The van der Waals surface area contributed by atoms with E-state index in [-0.39, 0.29) is 30.0 Å². The average molecular weight is 588 g/mol. The number of amides is 3. The maximum Gasteiger partial charge on any atom is 0.410 e. The molecule has 1 aromatic carbocycles. The summed E-state index contributed by atoms with van der Waals surface area (Å²) in [7, 11) is 1.67. The Morgan fingerprint density at radius 3 is 2.52 bits per heavy atom. The van der Waals surface area contributed by atoms with Crippen LogP contribution in [0.3, 0.4) is 0 Å². The van der Waals surface area contributed by atoms with E-state index in [0.29, 0.717) is 69.3 Å². The number of piperidine rings is 1. The number of unbranched alkanes of at least 4 members (excludes halogenated alkanes) is 1. The summed E-state index contributed by atoms with van der Waals surface area (Å²) in [6.45, 7) is 14.6. The molecule has 1 spiro atoms. The Hall–Kier alpha value is -2.85. The number of hydrogen-bond donors (Lipinski definition) is 0. The molecule has 1 aromatic rings. The van der Waals surface area contributed by atoms with Crippen LogP contribution in [-0.2, 0) is 19.0 Å². The van der Waals surface area contributed by atoms with Gasteiger partial charge in [-0.05, 0) is 84.9 Å². The third kappa shape index (κ3) is 7.02. The molecule has 4 rings (SSSR count). The molecule has 10 nitrogen and oxygen atoms in total. The van der Waals surface area contributed by atoms with Gasteiger partial charge in [0.15, 0.2) is 5.60 Å². The Morgan fingerprint density at radius 2 is 1.88 bits per heavy atom. The zero-order valence-corrected chi connectivity index (χ0v) is 26.5. The first-order chi connectivity index (χ1) is 19.9. The van der Waals surface area contributed by atoms with Gasteiger partial charge in [0.1, 0.15) is 11.4 Å². The number of carbonyl (C=O) groups excluding carboxylic acids is 3. The lowest BCUT2D eigenvalue weighted by molar-refractivity contribution is -0.144. The molecule has 0 unspecified atom stereocenters. The third-order valence-electron chi connectivity index (χ3n) is 8.28. The van der Waals surface area contributed by atoms with Crippen LogP contribution in [0.15, 0.2) is 12.1 Å². The molecule has 3 aliphatic rings. The van der Waals surface area contributed by atoms with Crippen molar-refractivity contribution in [1.29, 1.82) is 0 Å². The van der Waals surface area contributed by atoms with Gasteiger partial charge in [-0.1, -0.05) is 0 Å². The van der Waals surface area contributed by atoms with Crippen LogP contribution in [0.4, 0.5) is 10.5 Å². The topological polar surface area (TPSA) is 97.8 Å². The minimum Gasteiger partial charge on any atom is -0.475 e. The second kappa shape index (κ2) is 13.2. The number of likely N-dealkylation sites (tertiary alicyclic amines) is 1. The standard InChI is InChI=1S/C32H49N3O7/c1-22(2)35(24-11-10-14-33(21-24)30(38)42-31(4,5)6)28(36)25-20-26-27(19-23(25)3)41-32(12-17-40-18-13-32)29(37)34(26)15-8-9-16-39-7/h19-20,22,24H,8-18,21H2,1-7H3/t24-/m1/s1. The predicted octanol–water partition coefficient (Wildman–Crippen LogP) is 4.95. The van der Waals surface area contributed by atoms with Crippen molar-refractivity contribution in [3.05, 3.63) is 23.3 Å². The van der Waals surface area contributed by atoms with E-state index in [9.17, 15) is 14.4 Å². The largest absolute Gasteiger partial charge is 0.475 e. The first-order valence-corrected chi connectivity index (χ1v) is 15.4. The molecule has 3 amide bonds. The van der Waals surface area contributed by atoms with Gasteiger partial charge in [-0.15, -0.1) is 0 Å². The number of fused-ring (bicyclic) bond motifs is 1. The summed E-state index contributed by atoms with van der Waals surface area (Å²) >= 11 is 0. The van der Waals surface area contributed by atoms with Gasteiger partial charge < -0.3 is 33.6 Å². The highest BCUT2D eigenvalue weighted by Crippen LogP contribution is 2.43. The SMILES string of the molecule is COCCCCN1C(=O)C2(CCOCC2)Oc2cc(C)c(C(=O)N(C(C)C)[C@@H]3CCCN(C(=O)OC(C)(C)C)C3)cc21. The molecule has 3 aliphatic heterocycles. The Labute approximate surface area is 250 Å². The van der Waals surface area contributed by atoms with Crippen LogP contribution < -0.4 is 9.64 Å². The van der Waals surface area contributed by atoms with Crippen molar-refractivity contribution in [1.82, 2.24) is 9.80 Å². The molecule has 1 atom stereocenters. The number of carbonyl (C=O) groups is 3. The molecular weight excluding hydrogens is 538 g/mol. The van der Waals surface area contributed by atoms with Crippen LogP contribution in [0, 0.1) is 6.92 Å². The normalized spacial score (nSPS) is 20.4. The fourth-order valence-corrected chi connectivity index (χ4v) is 6.19. The number of benzene rings is 1. The van der Waals surface area contributed by atoms with Crippen LogP contribution in [0.2, 0.25) is 0 Å². The highest BCUT2D eigenvalue weighted by molar-refractivity contribution is 6.05. The van der Waals surface area contributed by atoms with E-state index in [1.165, 1.54) is 0 Å². The number of ether oxygens (including phenoxy) is 4. The van der Waals surface area contributed by atoms with Crippen molar-refractivity contribution in [3.63, 3.8) is 0 Å². The third-order valence-corrected chi connectivity index (χ3v) is 8.28. The molecule has 234 valence electrons. The zero-order chi connectivity index (χ0) is 30.7. The van der Waals surface area contributed by atoms with Gasteiger partial charge >= 0.3 is 6.09 Å². The molecule has 2 fully saturated rings. The van der Waals surface area contributed by atoms with Gasteiger partial charge in [0.25, 0.3) is 11.8 Å². The lowest BCUT2D eigenvalue weighted by Gasteiger charge is -2.45. The Bertz CT molecular complexity index is 1140. The molecule has 0 N–H and O–H groups in total. The number of aryl methyl sites for hydroxylation is 1. The van der Waals surface area contributed by atoms with Crippen molar-refractivity contribution in [3.8, 4) is 5.75 Å². The predicted molar refractivity (Wildman–Crippen MR) is 160 cm³/mol. The van der Waals surface area contributed by atoms with Crippen LogP contribution >= 0.6 is 0 Å². The van der Waals surface area contributed by atoms with Gasteiger partial charge in [0.05, 0.1) is 24.9 Å². The first kappa shape index (κ1) is 32.1. The van der Waals surface area contributed by atoms with Crippen molar-refractivity contribution in [2.75, 3.05) is 51.5 Å². The van der Waals surface area contributed by atoms with Gasteiger partial charge in [-0.2, -0.15) is 0 Å². The summed E-state index contributed by atoms with van der Waals surface area (Å²) in [4.78, 5) is 46.5. The Balaban J connectivity index is 1.64. The average Bonchev–Trinajstić information content (AvgIpc) is 2.92. The molecule has 10 heteroatoms. The second-order valence-electron chi connectivity index (χ2n) is 13.0. The summed E-state index contributed by atoms with van der Waals surface area (Å²) in [5.41, 5.74) is 0.432. The van der Waals surface area contributed by atoms with E-state index in [0.717, 1.165) is 31.2 Å². The smallest absolute Gasteiger partial charge is 0.410 e. The molecule has 0 radical (unpaired) electrons. The van der Waals surface area contributed by atoms with E-state index in [2.05, 4.69) is 0 Å². The minimum atomic E-state index is -0.943. The van der Waals surface area contributed by atoms with E-state index in [1.807, 2.05) is 58.6 Å². The highest BCUT2D eigenvalue weighted by Gasteiger charge is 2.49. The summed E-state index contributed by atoms with van der Waals surface area (Å²) in [6, 6.07) is 3.49. The lowest BCUT2D eigenvalue weighted by Crippen LogP contribution is -2.59. The summed E-state index contributed by atoms with van der Waals surface area (Å²) in [5.74, 6) is 0.445. The fourth-order valence-electron chi connectivity index (χ4n) is 6.19. The van der Waals surface area contributed by atoms with Gasteiger partial charge in [0.2, 0.25) is 0 Å². The van der Waals surface area contributed by atoms with Crippen molar-refractivity contribution < 1.29 is 33.3 Å². The number of nitrogens with zero attached hydrogens (tertiary/aromatic N) is 3. The van der Waals surface area contributed by atoms with Crippen molar-refractivity contribution in [2.24, 2.45) is 0 Å². The first-order valence-electron chi connectivity index (χ1n) is 15.4. The van der Waals surface area contributed by atoms with Crippen molar-refractivity contribution >= 4 is 23.6 Å². The van der Waals surface area contributed by atoms with Crippen LogP contribution in [0.25, 0.3) is 0 Å². The molecule has 0 aromatic heterocycles. The molecule has 0 aliphatic carbocycles. The quantitative estimate of drug-likeness (QED) is 0.397. The van der Waals surface area contributed by atoms with E-state index in [1.54, 1.807) is 16.9 Å². The lowest BCUT2D eigenvalue weighted by atomic mass is 9.89. The zero-order valence-electron chi connectivity index (χ0n) is 26.5. The number of anilines is 1. The van der Waals surface area contributed by atoms with E-state index < -0.39 is 11.2 Å². The number of rotatable bonds is 8. The number of hydrogen-bond acceptors (Lipinski definition) is 7. The number of methoxy groups -OCH3 is 1. The van der Waals surface area contributed by atoms with Gasteiger partial charge in [-0.25, -0.2) is 4.79 Å². The van der Waals surface area contributed by atoms with Gasteiger partial charge in [0, 0.05) is 57.8 Å². The summed E-state index contributed by atoms with van der Waals surface area (Å²) in [5, 5.41) is 0. The highest BCUT2D eigenvalue weighted by atomic mass is 16.6. The molecular formula is C32H49N3O7. The monoisotopic (exact) mass is 587 g/mol. The summed E-state index contributed by atoms with van der Waals surface area (Å²) < 4.78 is 22.9. The van der Waals surface area contributed by atoms with Crippen LogP contribution in [-0.4, -0.2) is 97.6 Å². The fraction of sp³-hybridized carbons (Fsp3) is 0.719. The molecule has 42 heavy (non-hydrogen) atoms. The molecule has 0 saturated carbocycles. The second-order valence-corrected chi connectivity index (χ2v) is 13.0. The van der Waals surface area contributed by atoms with E-state index in [4.69, 9.17) is 18.9 Å². The Kier molecular flexibility index (Phi) is 10.1. The Morgan fingerprint density at radius 1 is 1.17 bits per heavy atom. The molecule has 3 heterocycles. The van der Waals surface area contributed by atoms with Crippen LogP contribution in [0.1, 0.15) is 89.1 Å². The summed E-state index contributed by atoms with van der Waals surface area (Å²) in [6.07, 6.45) is 3.81.